The molecule has 0 radical (unpaired) electrons. The van der Waals surface area contributed by atoms with Gasteiger partial charge in [-0.25, -0.2) is 4.98 Å². The monoisotopic (exact) mass is 302 g/mol. The fourth-order valence-electron chi connectivity index (χ4n) is 1.84. The van der Waals surface area contributed by atoms with Crippen LogP contribution in [0.15, 0.2) is 35.4 Å². The van der Waals surface area contributed by atoms with Crippen molar-refractivity contribution >= 4 is 17.5 Å². The lowest BCUT2D eigenvalue weighted by Crippen LogP contribution is -2.38. The van der Waals surface area contributed by atoms with Crippen LogP contribution in [0.2, 0.25) is 0 Å². The molecule has 2 aromatic heterocycles. The normalized spacial score (nSPS) is 10.7. The summed E-state index contributed by atoms with van der Waals surface area (Å²) >= 11 is 0. The van der Waals surface area contributed by atoms with Crippen LogP contribution in [0, 0.1) is 5.92 Å². The molecule has 0 fully saturated rings. The first-order valence-electron chi connectivity index (χ1n) is 7.03. The lowest BCUT2D eigenvalue weighted by Gasteiger charge is -2.09. The van der Waals surface area contributed by atoms with Crippen LogP contribution in [-0.2, 0) is 4.79 Å². The van der Waals surface area contributed by atoms with Gasteiger partial charge in [0.1, 0.15) is 11.2 Å². The second-order valence-corrected chi connectivity index (χ2v) is 5.11. The second-order valence-electron chi connectivity index (χ2n) is 5.11. The number of pyridine rings is 1. The highest BCUT2D eigenvalue weighted by atomic mass is 16.2. The van der Waals surface area contributed by atoms with E-state index in [-0.39, 0.29) is 23.9 Å². The van der Waals surface area contributed by atoms with Gasteiger partial charge in [0.25, 0.3) is 11.5 Å². The van der Waals surface area contributed by atoms with E-state index in [1.807, 2.05) is 0 Å². The van der Waals surface area contributed by atoms with Crippen LogP contribution in [0.3, 0.4) is 0 Å². The molecule has 0 atom stereocenters. The summed E-state index contributed by atoms with van der Waals surface area (Å²) in [5.74, 6) is -0.693. The van der Waals surface area contributed by atoms with Crippen molar-refractivity contribution in [3.63, 3.8) is 0 Å². The number of carbonyl (C=O) groups is 2. The summed E-state index contributed by atoms with van der Waals surface area (Å²) in [5, 5.41) is 5.27. The first-order chi connectivity index (χ1) is 10.5. The van der Waals surface area contributed by atoms with Crippen LogP contribution < -0.4 is 16.2 Å². The second kappa shape index (κ2) is 6.84. The number of amides is 2. The van der Waals surface area contributed by atoms with Crippen LogP contribution in [0.4, 0.5) is 0 Å². The van der Waals surface area contributed by atoms with Crippen LogP contribution in [0.5, 0.6) is 0 Å². The van der Waals surface area contributed by atoms with Gasteiger partial charge in [-0.3, -0.25) is 18.8 Å². The Bertz CT molecular complexity index is 752. The van der Waals surface area contributed by atoms with E-state index in [0.717, 1.165) is 0 Å². The average Bonchev–Trinajstić information content (AvgIpc) is 2.51. The summed E-state index contributed by atoms with van der Waals surface area (Å²) in [4.78, 5) is 39.6. The van der Waals surface area contributed by atoms with E-state index in [2.05, 4.69) is 15.6 Å². The van der Waals surface area contributed by atoms with E-state index < -0.39 is 11.5 Å². The number of fused-ring (bicyclic) bond motifs is 1. The van der Waals surface area contributed by atoms with Crippen molar-refractivity contribution in [3.8, 4) is 0 Å². The molecule has 0 aromatic carbocycles. The van der Waals surface area contributed by atoms with Gasteiger partial charge in [-0.05, 0) is 12.1 Å². The molecule has 0 saturated carbocycles. The first kappa shape index (κ1) is 15.7. The van der Waals surface area contributed by atoms with Crippen LogP contribution >= 0.6 is 0 Å². The molecule has 0 aliphatic carbocycles. The molecule has 7 nitrogen and oxygen atoms in total. The molecule has 2 amide bonds. The third-order valence-electron chi connectivity index (χ3n) is 3.09. The summed E-state index contributed by atoms with van der Waals surface area (Å²) in [7, 11) is 0. The van der Waals surface area contributed by atoms with Crippen molar-refractivity contribution in [2.24, 2.45) is 5.92 Å². The number of aromatic nitrogens is 2. The molecule has 2 heterocycles. The van der Waals surface area contributed by atoms with Gasteiger partial charge in [-0.1, -0.05) is 19.9 Å². The lowest BCUT2D eigenvalue weighted by atomic mass is 10.2. The third kappa shape index (κ3) is 3.49. The molecule has 0 aliphatic rings. The Labute approximate surface area is 127 Å². The number of nitrogens with zero attached hydrogens (tertiary/aromatic N) is 2. The van der Waals surface area contributed by atoms with E-state index in [0.29, 0.717) is 12.2 Å². The first-order valence-corrected chi connectivity index (χ1v) is 7.03. The van der Waals surface area contributed by atoms with Crippen molar-refractivity contribution in [2.45, 2.75) is 13.8 Å². The molecule has 2 rings (SSSR count). The summed E-state index contributed by atoms with van der Waals surface area (Å²) in [6, 6.07) is 5.14. The Balaban J connectivity index is 2.00. The summed E-state index contributed by atoms with van der Waals surface area (Å²) in [5.41, 5.74) is 0.0291. The fourth-order valence-corrected chi connectivity index (χ4v) is 1.84. The molecular formula is C15H18N4O3. The van der Waals surface area contributed by atoms with Crippen molar-refractivity contribution in [2.75, 3.05) is 13.1 Å². The number of hydrogen-bond acceptors (Lipinski definition) is 4. The predicted octanol–water partition coefficient (Wildman–Crippen LogP) is 0.196. The quantitative estimate of drug-likeness (QED) is 0.772. The maximum Gasteiger partial charge on any atom is 0.270 e. The SMILES string of the molecule is CC(C)C(=O)NCCNC(=O)c1cnc2ccccn2c1=O. The Morgan fingerprint density at radius 3 is 2.68 bits per heavy atom. The minimum atomic E-state index is -0.505. The minimum absolute atomic E-state index is 0.0288. The maximum atomic E-state index is 12.2. The molecule has 116 valence electrons. The third-order valence-corrected chi connectivity index (χ3v) is 3.09. The van der Waals surface area contributed by atoms with Crippen molar-refractivity contribution in [3.05, 3.63) is 46.5 Å². The van der Waals surface area contributed by atoms with Gasteiger partial charge in [0, 0.05) is 31.4 Å². The molecule has 0 bridgehead atoms. The van der Waals surface area contributed by atoms with E-state index in [4.69, 9.17) is 0 Å². The molecule has 0 spiro atoms. The Hall–Kier alpha value is -2.70. The number of rotatable bonds is 5. The molecule has 2 N–H and O–H groups in total. The summed E-state index contributed by atoms with van der Waals surface area (Å²) in [6.45, 7) is 4.13. The van der Waals surface area contributed by atoms with Gasteiger partial charge in [0.15, 0.2) is 0 Å². The number of hydrogen-bond donors (Lipinski definition) is 2. The van der Waals surface area contributed by atoms with Crippen molar-refractivity contribution in [1.29, 1.82) is 0 Å². The van der Waals surface area contributed by atoms with E-state index in [1.165, 1.54) is 10.6 Å². The smallest absolute Gasteiger partial charge is 0.270 e. The van der Waals surface area contributed by atoms with Gasteiger partial charge in [-0.2, -0.15) is 0 Å². The Morgan fingerprint density at radius 2 is 1.95 bits per heavy atom. The lowest BCUT2D eigenvalue weighted by molar-refractivity contribution is -0.123. The molecule has 0 aliphatic heterocycles. The summed E-state index contributed by atoms with van der Waals surface area (Å²) in [6.07, 6.45) is 2.82. The van der Waals surface area contributed by atoms with E-state index in [9.17, 15) is 14.4 Å². The highest BCUT2D eigenvalue weighted by Gasteiger charge is 2.12. The van der Waals surface area contributed by atoms with Crippen LogP contribution in [0.25, 0.3) is 5.65 Å². The number of nitrogens with one attached hydrogen (secondary N) is 2. The highest BCUT2D eigenvalue weighted by Crippen LogP contribution is 1.97. The molecule has 22 heavy (non-hydrogen) atoms. The predicted molar refractivity (Wildman–Crippen MR) is 81.6 cm³/mol. The summed E-state index contributed by atoms with van der Waals surface area (Å²) < 4.78 is 1.31. The standard InChI is InChI=1S/C15H18N4O3/c1-10(2)13(20)16-6-7-17-14(21)11-9-18-12-5-3-4-8-19(12)15(11)22/h3-5,8-10H,6-7H2,1-2H3,(H,16,20)(H,17,21). The topological polar surface area (TPSA) is 92.6 Å². The van der Waals surface area contributed by atoms with Gasteiger partial charge < -0.3 is 10.6 Å². The fraction of sp³-hybridized carbons (Fsp3) is 0.333. The van der Waals surface area contributed by atoms with E-state index >= 15 is 0 Å². The van der Waals surface area contributed by atoms with Crippen molar-refractivity contribution in [1.82, 2.24) is 20.0 Å². The average molecular weight is 302 g/mol. The van der Waals surface area contributed by atoms with Gasteiger partial charge >= 0.3 is 0 Å². The Morgan fingerprint density at radius 1 is 1.23 bits per heavy atom. The van der Waals surface area contributed by atoms with Gasteiger partial charge in [0.05, 0.1) is 0 Å². The van der Waals surface area contributed by atoms with Crippen LogP contribution in [0.1, 0.15) is 24.2 Å². The van der Waals surface area contributed by atoms with Crippen LogP contribution in [-0.4, -0.2) is 34.3 Å². The molecule has 2 aromatic rings. The zero-order valence-electron chi connectivity index (χ0n) is 12.5. The zero-order valence-corrected chi connectivity index (χ0v) is 12.5. The molecular weight excluding hydrogens is 284 g/mol. The maximum absolute atomic E-state index is 12.2. The van der Waals surface area contributed by atoms with E-state index in [1.54, 1.807) is 38.2 Å². The van der Waals surface area contributed by atoms with Gasteiger partial charge in [0.2, 0.25) is 5.91 Å². The zero-order chi connectivity index (χ0) is 16.1. The largest absolute Gasteiger partial charge is 0.354 e. The highest BCUT2D eigenvalue weighted by molar-refractivity contribution is 5.93. The number of carbonyl (C=O) groups excluding carboxylic acids is 2. The van der Waals surface area contributed by atoms with Crippen molar-refractivity contribution < 1.29 is 9.59 Å². The van der Waals surface area contributed by atoms with Gasteiger partial charge in [-0.15, -0.1) is 0 Å². The minimum Gasteiger partial charge on any atom is -0.354 e. The molecule has 0 saturated heterocycles. The Kier molecular flexibility index (Phi) is 4.88. The molecule has 0 unspecified atom stereocenters. The molecule has 7 heteroatoms.